The molecule has 2 aliphatic rings. The number of halogens is 1. The van der Waals surface area contributed by atoms with E-state index in [2.05, 4.69) is 10.2 Å². The predicted octanol–water partition coefficient (Wildman–Crippen LogP) is 2.46. The summed E-state index contributed by atoms with van der Waals surface area (Å²) in [6, 6.07) is 6.55. The van der Waals surface area contributed by atoms with Gasteiger partial charge in [-0.2, -0.15) is 0 Å². The van der Waals surface area contributed by atoms with Gasteiger partial charge in [0.15, 0.2) is 0 Å². The molecular weight excluding hydrogens is 307 g/mol. The van der Waals surface area contributed by atoms with Crippen LogP contribution in [0.2, 0.25) is 0 Å². The van der Waals surface area contributed by atoms with Gasteiger partial charge in [0.2, 0.25) is 5.91 Å². The number of aromatic nitrogens is 3. The molecule has 2 aromatic rings. The molecule has 0 unspecified atom stereocenters. The highest BCUT2D eigenvalue weighted by atomic mass is 19.1. The Hall–Kier alpha value is -2.24. The third kappa shape index (κ3) is 2.81. The van der Waals surface area contributed by atoms with E-state index in [1.807, 2.05) is 16.5 Å². The number of aryl methyl sites for hydroxylation is 1. The minimum Gasteiger partial charge on any atom is -0.342 e. The average molecular weight is 328 g/mol. The van der Waals surface area contributed by atoms with Crippen molar-refractivity contribution in [3.63, 3.8) is 0 Å². The number of benzene rings is 1. The summed E-state index contributed by atoms with van der Waals surface area (Å²) in [5.74, 6) is 1.75. The third-order valence-electron chi connectivity index (χ3n) is 5.32. The topological polar surface area (TPSA) is 51.0 Å². The summed E-state index contributed by atoms with van der Waals surface area (Å²) in [4.78, 5) is 14.7. The summed E-state index contributed by atoms with van der Waals surface area (Å²) in [6.45, 7) is 1.56. The molecule has 1 aliphatic carbocycles. The quantitative estimate of drug-likeness (QED) is 0.870. The van der Waals surface area contributed by atoms with Crippen LogP contribution >= 0.6 is 0 Å². The van der Waals surface area contributed by atoms with E-state index < -0.39 is 0 Å². The van der Waals surface area contributed by atoms with Gasteiger partial charge in [0, 0.05) is 32.0 Å². The number of amides is 1. The number of hydrogen-bond donors (Lipinski definition) is 0. The summed E-state index contributed by atoms with van der Waals surface area (Å²) in [7, 11) is 1.96. The number of carbonyl (C=O) groups excluding carboxylic acids is 1. The molecule has 126 valence electrons. The minimum atomic E-state index is -0.229. The van der Waals surface area contributed by atoms with Gasteiger partial charge in [0.05, 0.1) is 0 Å². The smallest absolute Gasteiger partial charge is 0.226 e. The molecule has 1 saturated carbocycles. The van der Waals surface area contributed by atoms with E-state index >= 15 is 0 Å². The summed E-state index contributed by atoms with van der Waals surface area (Å²) in [5.41, 5.74) is 1.07. The zero-order valence-corrected chi connectivity index (χ0v) is 13.7. The molecule has 5 nitrogen and oxygen atoms in total. The Labute approximate surface area is 140 Å². The number of piperidine rings is 1. The van der Waals surface area contributed by atoms with E-state index in [1.54, 1.807) is 18.5 Å². The molecule has 1 aliphatic heterocycles. The number of carbonyl (C=O) groups is 1. The van der Waals surface area contributed by atoms with Crippen molar-refractivity contribution in [2.24, 2.45) is 13.0 Å². The monoisotopic (exact) mass is 328 g/mol. The van der Waals surface area contributed by atoms with Crippen LogP contribution < -0.4 is 0 Å². The molecule has 0 bridgehead atoms. The van der Waals surface area contributed by atoms with Crippen LogP contribution in [0.15, 0.2) is 30.6 Å². The lowest BCUT2D eigenvalue weighted by atomic mass is 9.95. The van der Waals surface area contributed by atoms with E-state index in [0.717, 1.165) is 43.7 Å². The highest BCUT2D eigenvalue weighted by Gasteiger charge is 2.46. The fourth-order valence-electron chi connectivity index (χ4n) is 3.80. The van der Waals surface area contributed by atoms with Gasteiger partial charge in [-0.25, -0.2) is 4.39 Å². The molecule has 1 amide bonds. The molecular formula is C18H21FN4O. The molecule has 24 heavy (non-hydrogen) atoms. The molecule has 2 atom stereocenters. The van der Waals surface area contributed by atoms with Crippen molar-refractivity contribution >= 4 is 5.91 Å². The van der Waals surface area contributed by atoms with Crippen molar-refractivity contribution < 1.29 is 9.18 Å². The fourth-order valence-corrected chi connectivity index (χ4v) is 3.80. The van der Waals surface area contributed by atoms with Crippen LogP contribution in [0.1, 0.15) is 42.5 Å². The summed E-state index contributed by atoms with van der Waals surface area (Å²) >= 11 is 0. The van der Waals surface area contributed by atoms with Crippen LogP contribution in [0.4, 0.5) is 4.39 Å². The van der Waals surface area contributed by atoms with Crippen LogP contribution in [0.5, 0.6) is 0 Å². The molecule has 1 aromatic heterocycles. The maximum atomic E-state index is 13.0. The van der Waals surface area contributed by atoms with Gasteiger partial charge in [0.25, 0.3) is 0 Å². The van der Waals surface area contributed by atoms with Crippen LogP contribution in [-0.4, -0.2) is 38.7 Å². The first kappa shape index (κ1) is 15.3. The van der Waals surface area contributed by atoms with Crippen molar-refractivity contribution in [1.82, 2.24) is 19.7 Å². The molecule has 2 fully saturated rings. The first-order valence-electron chi connectivity index (χ1n) is 8.51. The van der Waals surface area contributed by atoms with Crippen LogP contribution in [0.3, 0.4) is 0 Å². The Bertz CT molecular complexity index is 734. The van der Waals surface area contributed by atoms with Crippen molar-refractivity contribution in [2.45, 2.75) is 31.1 Å². The van der Waals surface area contributed by atoms with Gasteiger partial charge >= 0.3 is 0 Å². The van der Waals surface area contributed by atoms with E-state index in [0.29, 0.717) is 5.92 Å². The van der Waals surface area contributed by atoms with E-state index in [1.165, 1.54) is 12.1 Å². The zero-order chi connectivity index (χ0) is 16.7. The van der Waals surface area contributed by atoms with E-state index in [-0.39, 0.29) is 23.6 Å². The molecule has 2 heterocycles. The highest BCUT2D eigenvalue weighted by molar-refractivity contribution is 5.83. The second-order valence-electron chi connectivity index (χ2n) is 6.90. The molecule has 1 aromatic carbocycles. The third-order valence-corrected chi connectivity index (χ3v) is 5.32. The van der Waals surface area contributed by atoms with Gasteiger partial charge < -0.3 is 9.47 Å². The van der Waals surface area contributed by atoms with Gasteiger partial charge in [-0.1, -0.05) is 12.1 Å². The second-order valence-corrected chi connectivity index (χ2v) is 6.90. The fraction of sp³-hybridized carbons (Fsp3) is 0.500. The molecule has 0 radical (unpaired) electrons. The second kappa shape index (κ2) is 6.00. The van der Waals surface area contributed by atoms with E-state index in [9.17, 15) is 9.18 Å². The maximum absolute atomic E-state index is 13.0. The molecule has 4 rings (SSSR count). The summed E-state index contributed by atoms with van der Waals surface area (Å²) < 4.78 is 15.0. The van der Waals surface area contributed by atoms with Crippen LogP contribution in [-0.2, 0) is 11.8 Å². The van der Waals surface area contributed by atoms with Crippen LogP contribution in [0.25, 0.3) is 0 Å². The number of likely N-dealkylation sites (tertiary alicyclic amines) is 1. The van der Waals surface area contributed by atoms with Crippen LogP contribution in [0, 0.1) is 11.7 Å². The normalized spacial score (nSPS) is 24.2. The molecule has 6 heteroatoms. The van der Waals surface area contributed by atoms with Gasteiger partial charge in [-0.3, -0.25) is 4.79 Å². The van der Waals surface area contributed by atoms with Crippen molar-refractivity contribution in [1.29, 1.82) is 0 Å². The minimum absolute atomic E-state index is 0.0711. The number of hydrogen-bond acceptors (Lipinski definition) is 3. The predicted molar refractivity (Wildman–Crippen MR) is 86.8 cm³/mol. The lowest BCUT2D eigenvalue weighted by Gasteiger charge is -2.31. The zero-order valence-electron chi connectivity index (χ0n) is 13.7. The Kier molecular flexibility index (Phi) is 3.82. The first-order chi connectivity index (χ1) is 11.6. The summed E-state index contributed by atoms with van der Waals surface area (Å²) in [5, 5.41) is 8.14. The maximum Gasteiger partial charge on any atom is 0.226 e. The Morgan fingerprint density at radius 1 is 1.21 bits per heavy atom. The largest absolute Gasteiger partial charge is 0.342 e. The first-order valence-corrected chi connectivity index (χ1v) is 8.51. The lowest BCUT2D eigenvalue weighted by Crippen LogP contribution is -2.39. The SMILES string of the molecule is Cn1cnnc1C1CCN(C(=O)[C@@H]2C[C@@H]2c2ccc(F)cc2)CC1. The van der Waals surface area contributed by atoms with Gasteiger partial charge in [0.1, 0.15) is 18.0 Å². The van der Waals surface area contributed by atoms with Gasteiger partial charge in [-0.15, -0.1) is 10.2 Å². The number of nitrogens with zero attached hydrogens (tertiary/aromatic N) is 4. The Balaban J connectivity index is 1.34. The lowest BCUT2D eigenvalue weighted by molar-refractivity contribution is -0.133. The summed E-state index contributed by atoms with van der Waals surface area (Å²) in [6.07, 6.45) is 4.48. The van der Waals surface area contributed by atoms with E-state index in [4.69, 9.17) is 0 Å². The Morgan fingerprint density at radius 2 is 1.92 bits per heavy atom. The van der Waals surface area contributed by atoms with Crippen molar-refractivity contribution in [2.75, 3.05) is 13.1 Å². The standard InChI is InChI=1S/C18H21FN4O/c1-22-11-20-21-17(22)13-6-8-23(9-7-13)18(24)16-10-15(16)12-2-4-14(19)5-3-12/h2-5,11,13,15-16H,6-10H2,1H3/t15-,16-/m1/s1. The van der Waals surface area contributed by atoms with Crippen molar-refractivity contribution in [3.8, 4) is 0 Å². The van der Waals surface area contributed by atoms with Crippen molar-refractivity contribution in [3.05, 3.63) is 47.8 Å². The number of rotatable bonds is 3. The average Bonchev–Trinajstić information content (AvgIpc) is 3.29. The Morgan fingerprint density at radius 3 is 2.54 bits per heavy atom. The molecule has 0 N–H and O–H groups in total. The molecule has 1 saturated heterocycles. The highest BCUT2D eigenvalue weighted by Crippen LogP contribution is 2.48. The van der Waals surface area contributed by atoms with Gasteiger partial charge in [-0.05, 0) is 42.9 Å². The molecule has 0 spiro atoms.